The molecular weight excluding hydrogens is 332 g/mol. The number of nitrogens with one attached hydrogen (secondary N) is 2. The number of hydrogen-bond acceptors (Lipinski definition) is 5. The highest BCUT2D eigenvalue weighted by atomic mass is 16.1. The molecule has 2 N–H and O–H groups in total. The highest BCUT2D eigenvalue weighted by Gasteiger charge is 2.11. The highest BCUT2D eigenvalue weighted by Crippen LogP contribution is 2.12. The summed E-state index contributed by atoms with van der Waals surface area (Å²) < 4.78 is 1.89. The van der Waals surface area contributed by atoms with E-state index < -0.39 is 0 Å². The number of carbonyl (C=O) groups excluding carboxylic acids is 1. The Labute approximate surface area is 147 Å². The van der Waals surface area contributed by atoms with Gasteiger partial charge in [-0.25, -0.2) is 5.10 Å². The second-order valence-corrected chi connectivity index (χ2v) is 5.87. The molecule has 0 aliphatic heterocycles. The quantitative estimate of drug-likeness (QED) is 0.557. The van der Waals surface area contributed by atoms with Crippen molar-refractivity contribution in [2.24, 2.45) is 0 Å². The molecule has 3 aromatic heterocycles. The molecule has 8 heteroatoms. The molecule has 0 unspecified atom stereocenters. The Balaban J connectivity index is 1.42. The molecule has 4 aromatic rings. The van der Waals surface area contributed by atoms with Crippen LogP contribution in [0.25, 0.3) is 16.4 Å². The van der Waals surface area contributed by atoms with Crippen LogP contribution in [0.2, 0.25) is 0 Å². The van der Waals surface area contributed by atoms with E-state index >= 15 is 0 Å². The average molecular weight is 348 g/mol. The third kappa shape index (κ3) is 3.04. The zero-order chi connectivity index (χ0) is 17.9. The number of fused-ring (bicyclic) bond motifs is 2. The van der Waals surface area contributed by atoms with Crippen molar-refractivity contribution in [3.8, 4) is 0 Å². The fourth-order valence-electron chi connectivity index (χ4n) is 2.90. The van der Waals surface area contributed by atoms with Crippen LogP contribution in [-0.2, 0) is 17.6 Å². The van der Waals surface area contributed by atoms with Crippen LogP contribution in [0.4, 0.5) is 0 Å². The molecule has 0 atom stereocenters. The van der Waals surface area contributed by atoms with E-state index in [9.17, 15) is 9.59 Å². The van der Waals surface area contributed by atoms with Gasteiger partial charge < -0.3 is 5.32 Å². The Kier molecular flexibility index (Phi) is 4.14. The average Bonchev–Trinajstić information content (AvgIpc) is 3.08. The summed E-state index contributed by atoms with van der Waals surface area (Å²) in [5, 5.41) is 18.8. The first-order valence-electron chi connectivity index (χ1n) is 8.24. The minimum Gasteiger partial charge on any atom is -0.355 e. The van der Waals surface area contributed by atoms with E-state index in [0.717, 1.165) is 11.5 Å². The van der Waals surface area contributed by atoms with E-state index in [1.807, 2.05) is 34.9 Å². The summed E-state index contributed by atoms with van der Waals surface area (Å²) in [6.07, 6.45) is 2.55. The molecule has 0 spiro atoms. The molecule has 130 valence electrons. The molecule has 0 aliphatic carbocycles. The van der Waals surface area contributed by atoms with Crippen LogP contribution in [0.3, 0.4) is 0 Å². The van der Waals surface area contributed by atoms with Gasteiger partial charge in [-0.1, -0.05) is 24.3 Å². The largest absolute Gasteiger partial charge is 0.355 e. The summed E-state index contributed by atoms with van der Waals surface area (Å²) in [5.41, 5.74) is 1.06. The third-order valence-electron chi connectivity index (χ3n) is 4.16. The predicted octanol–water partition coefficient (Wildman–Crippen LogP) is 0.867. The number of pyridine rings is 1. The lowest BCUT2D eigenvalue weighted by Crippen LogP contribution is -2.28. The van der Waals surface area contributed by atoms with Crippen LogP contribution in [0, 0.1) is 0 Å². The van der Waals surface area contributed by atoms with Gasteiger partial charge in [0.2, 0.25) is 5.91 Å². The number of nitrogens with zero attached hydrogens (tertiary/aromatic N) is 4. The van der Waals surface area contributed by atoms with Gasteiger partial charge in [-0.2, -0.15) is 5.10 Å². The minimum atomic E-state index is -0.261. The van der Waals surface area contributed by atoms with Gasteiger partial charge in [-0.15, -0.1) is 10.2 Å². The number of hydrogen-bond donors (Lipinski definition) is 2. The zero-order valence-electron chi connectivity index (χ0n) is 13.8. The number of amides is 1. The van der Waals surface area contributed by atoms with Crippen molar-refractivity contribution in [1.29, 1.82) is 0 Å². The van der Waals surface area contributed by atoms with Gasteiger partial charge in [0.25, 0.3) is 5.56 Å². The summed E-state index contributed by atoms with van der Waals surface area (Å²) in [4.78, 5) is 24.0. The van der Waals surface area contributed by atoms with Gasteiger partial charge in [-0.05, 0) is 18.2 Å². The number of rotatable bonds is 5. The normalized spacial score (nSPS) is 11.1. The van der Waals surface area contributed by atoms with Gasteiger partial charge in [0.15, 0.2) is 5.65 Å². The van der Waals surface area contributed by atoms with Crippen molar-refractivity contribution in [3.63, 3.8) is 0 Å². The summed E-state index contributed by atoms with van der Waals surface area (Å²) in [6, 6.07) is 12.8. The molecule has 0 bridgehead atoms. The molecule has 0 saturated heterocycles. The first kappa shape index (κ1) is 15.9. The molecular formula is C18H16N6O2. The van der Waals surface area contributed by atoms with Gasteiger partial charge in [0.1, 0.15) is 5.82 Å². The third-order valence-corrected chi connectivity index (χ3v) is 4.16. The first-order chi connectivity index (χ1) is 12.7. The van der Waals surface area contributed by atoms with E-state index in [1.165, 1.54) is 0 Å². The lowest BCUT2D eigenvalue weighted by Gasteiger charge is -2.06. The van der Waals surface area contributed by atoms with Crippen LogP contribution in [0.5, 0.6) is 0 Å². The summed E-state index contributed by atoms with van der Waals surface area (Å²) in [7, 11) is 0. The van der Waals surface area contributed by atoms with E-state index in [1.54, 1.807) is 18.2 Å². The molecule has 4 rings (SSSR count). The second-order valence-electron chi connectivity index (χ2n) is 5.87. The Morgan fingerprint density at radius 2 is 1.88 bits per heavy atom. The van der Waals surface area contributed by atoms with Gasteiger partial charge >= 0.3 is 0 Å². The van der Waals surface area contributed by atoms with Gasteiger partial charge in [-0.3, -0.25) is 14.0 Å². The molecule has 8 nitrogen and oxygen atoms in total. The molecule has 1 aromatic carbocycles. The fourth-order valence-corrected chi connectivity index (χ4v) is 2.90. The number of H-pyrrole nitrogens is 1. The van der Waals surface area contributed by atoms with Crippen LogP contribution < -0.4 is 10.9 Å². The number of aromatic amines is 1. The Bertz CT molecular complexity index is 1150. The molecule has 3 heterocycles. The minimum absolute atomic E-state index is 0.0951. The van der Waals surface area contributed by atoms with Crippen LogP contribution in [-0.4, -0.2) is 37.2 Å². The molecule has 0 aliphatic rings. The second kappa shape index (κ2) is 6.75. The Morgan fingerprint density at radius 3 is 2.77 bits per heavy atom. The molecule has 0 saturated carbocycles. The molecule has 1 amide bonds. The van der Waals surface area contributed by atoms with Crippen molar-refractivity contribution in [3.05, 3.63) is 70.5 Å². The van der Waals surface area contributed by atoms with Gasteiger partial charge in [0, 0.05) is 24.5 Å². The van der Waals surface area contributed by atoms with E-state index in [4.69, 9.17) is 0 Å². The van der Waals surface area contributed by atoms with Crippen LogP contribution >= 0.6 is 0 Å². The highest BCUT2D eigenvalue weighted by molar-refractivity contribution is 5.88. The van der Waals surface area contributed by atoms with Crippen molar-refractivity contribution in [2.45, 2.75) is 12.8 Å². The van der Waals surface area contributed by atoms with Crippen molar-refractivity contribution in [1.82, 2.24) is 30.1 Å². The molecule has 26 heavy (non-hydrogen) atoms. The Hall–Kier alpha value is -3.55. The van der Waals surface area contributed by atoms with Crippen molar-refractivity contribution < 1.29 is 4.79 Å². The van der Waals surface area contributed by atoms with Crippen LogP contribution in [0.1, 0.15) is 11.5 Å². The number of benzene rings is 1. The Morgan fingerprint density at radius 1 is 1.08 bits per heavy atom. The maximum Gasteiger partial charge on any atom is 0.272 e. The van der Waals surface area contributed by atoms with Crippen LogP contribution in [0.15, 0.2) is 53.5 Å². The topological polar surface area (TPSA) is 105 Å². The fraction of sp³-hybridized carbons (Fsp3) is 0.167. The standard InChI is InChI=1S/C18H16N6O2/c25-17(11-14-12-5-1-2-6-13(12)18(26)23-20-14)19-9-8-16-22-21-15-7-3-4-10-24(15)16/h1-7,10H,8-9,11H2,(H,19,25)(H,23,26). The smallest absolute Gasteiger partial charge is 0.272 e. The predicted molar refractivity (Wildman–Crippen MR) is 95.8 cm³/mol. The van der Waals surface area contributed by atoms with E-state index in [2.05, 4.69) is 25.7 Å². The zero-order valence-corrected chi connectivity index (χ0v) is 13.8. The summed E-state index contributed by atoms with van der Waals surface area (Å²) in [6.45, 7) is 0.440. The summed E-state index contributed by atoms with van der Waals surface area (Å²) in [5.74, 6) is 0.622. The first-order valence-corrected chi connectivity index (χ1v) is 8.24. The monoisotopic (exact) mass is 348 g/mol. The van der Waals surface area contributed by atoms with E-state index in [-0.39, 0.29) is 17.9 Å². The van der Waals surface area contributed by atoms with Crippen molar-refractivity contribution >= 4 is 22.3 Å². The summed E-state index contributed by atoms with van der Waals surface area (Å²) >= 11 is 0. The maximum atomic E-state index is 12.2. The molecule has 0 radical (unpaired) electrons. The van der Waals surface area contributed by atoms with Gasteiger partial charge in [0.05, 0.1) is 17.5 Å². The maximum absolute atomic E-state index is 12.2. The van der Waals surface area contributed by atoms with E-state index in [0.29, 0.717) is 29.4 Å². The van der Waals surface area contributed by atoms with Crippen molar-refractivity contribution in [2.75, 3.05) is 6.54 Å². The number of carbonyl (C=O) groups is 1. The lowest BCUT2D eigenvalue weighted by atomic mass is 10.1. The molecule has 0 fully saturated rings. The SMILES string of the molecule is O=C(Cc1n[nH]c(=O)c2ccccc12)NCCc1nnc2ccccn12. The number of aromatic nitrogens is 5. The lowest BCUT2D eigenvalue weighted by molar-refractivity contribution is -0.120.